The molecule has 0 aliphatic carbocycles. The SMILES string of the molecule is CCC(CC)C(=O)N1C[C@H]2C[C@@H](C1)c1cccc(=S)n1C2. The molecule has 1 aromatic rings. The highest BCUT2D eigenvalue weighted by atomic mass is 32.1. The van der Waals surface area contributed by atoms with Crippen molar-refractivity contribution in [3.63, 3.8) is 0 Å². The fraction of sp³-hybridized carbons (Fsp3) is 0.647. The molecule has 4 heteroatoms. The van der Waals surface area contributed by atoms with Gasteiger partial charge in [0.25, 0.3) is 0 Å². The van der Waals surface area contributed by atoms with Crippen LogP contribution in [0.5, 0.6) is 0 Å². The molecule has 3 nitrogen and oxygen atoms in total. The van der Waals surface area contributed by atoms with Crippen molar-refractivity contribution in [2.45, 2.75) is 45.6 Å². The molecule has 114 valence electrons. The second-order valence-corrected chi connectivity index (χ2v) is 6.87. The van der Waals surface area contributed by atoms with Crippen LogP contribution in [0.15, 0.2) is 18.2 Å². The predicted molar refractivity (Wildman–Crippen MR) is 86.8 cm³/mol. The Labute approximate surface area is 132 Å². The predicted octanol–water partition coefficient (Wildman–Crippen LogP) is 3.60. The van der Waals surface area contributed by atoms with Crippen LogP contribution in [0.1, 0.15) is 44.7 Å². The molecule has 0 unspecified atom stereocenters. The van der Waals surface area contributed by atoms with Crippen molar-refractivity contribution in [3.8, 4) is 0 Å². The summed E-state index contributed by atoms with van der Waals surface area (Å²) < 4.78 is 3.22. The minimum atomic E-state index is 0.196. The maximum absolute atomic E-state index is 12.7. The first kappa shape index (κ1) is 14.8. The molecule has 1 amide bonds. The van der Waals surface area contributed by atoms with Gasteiger partial charge in [0.05, 0.1) is 0 Å². The van der Waals surface area contributed by atoms with Gasteiger partial charge in [-0.25, -0.2) is 0 Å². The van der Waals surface area contributed by atoms with Crippen LogP contribution in [-0.4, -0.2) is 28.5 Å². The third-order valence-electron chi connectivity index (χ3n) is 5.13. The van der Waals surface area contributed by atoms with Gasteiger partial charge in [0.2, 0.25) is 5.91 Å². The summed E-state index contributed by atoms with van der Waals surface area (Å²) in [6, 6.07) is 6.24. The van der Waals surface area contributed by atoms with Crippen molar-refractivity contribution < 1.29 is 4.79 Å². The van der Waals surface area contributed by atoms with Crippen LogP contribution in [-0.2, 0) is 11.3 Å². The minimum Gasteiger partial charge on any atom is -0.341 e. The van der Waals surface area contributed by atoms with E-state index in [1.807, 2.05) is 6.07 Å². The number of likely N-dealkylation sites (tertiary alicyclic amines) is 1. The van der Waals surface area contributed by atoms with E-state index >= 15 is 0 Å². The molecular weight excluding hydrogens is 280 g/mol. The van der Waals surface area contributed by atoms with Crippen molar-refractivity contribution in [3.05, 3.63) is 28.5 Å². The molecule has 2 aliphatic heterocycles. The number of hydrogen-bond acceptors (Lipinski definition) is 2. The van der Waals surface area contributed by atoms with E-state index in [9.17, 15) is 4.79 Å². The summed E-state index contributed by atoms with van der Waals surface area (Å²) in [4.78, 5) is 14.8. The summed E-state index contributed by atoms with van der Waals surface area (Å²) >= 11 is 5.46. The number of piperidine rings is 1. The zero-order valence-electron chi connectivity index (χ0n) is 12.9. The Morgan fingerprint density at radius 3 is 2.76 bits per heavy atom. The molecule has 0 radical (unpaired) electrons. The third kappa shape index (κ3) is 2.66. The quantitative estimate of drug-likeness (QED) is 0.797. The Bertz CT molecular complexity index is 591. The number of amides is 1. The number of hydrogen-bond donors (Lipinski definition) is 0. The molecule has 1 fully saturated rings. The van der Waals surface area contributed by atoms with Crippen molar-refractivity contribution in [1.29, 1.82) is 0 Å². The van der Waals surface area contributed by atoms with E-state index in [4.69, 9.17) is 12.2 Å². The Kier molecular flexibility index (Phi) is 4.16. The Balaban J connectivity index is 1.85. The summed E-state index contributed by atoms with van der Waals surface area (Å²) in [5.41, 5.74) is 1.32. The highest BCUT2D eigenvalue weighted by Crippen LogP contribution is 2.36. The van der Waals surface area contributed by atoms with E-state index in [0.717, 1.165) is 37.1 Å². The Hall–Kier alpha value is -1.16. The fourth-order valence-electron chi connectivity index (χ4n) is 3.97. The first-order chi connectivity index (χ1) is 10.1. The van der Waals surface area contributed by atoms with E-state index in [2.05, 4.69) is 35.4 Å². The lowest BCUT2D eigenvalue weighted by molar-refractivity contribution is -0.138. The molecule has 1 aromatic heterocycles. The molecule has 2 aliphatic rings. The van der Waals surface area contributed by atoms with Gasteiger partial charge in [-0.15, -0.1) is 0 Å². The summed E-state index contributed by atoms with van der Waals surface area (Å²) in [6.07, 6.45) is 3.09. The average molecular weight is 304 g/mol. The molecule has 0 N–H and O–H groups in total. The van der Waals surface area contributed by atoms with Gasteiger partial charge in [0, 0.05) is 37.2 Å². The lowest BCUT2D eigenvalue weighted by Crippen LogP contribution is -2.49. The number of carbonyl (C=O) groups excluding carboxylic acids is 1. The van der Waals surface area contributed by atoms with Crippen LogP contribution in [0, 0.1) is 16.5 Å². The Morgan fingerprint density at radius 2 is 2.05 bits per heavy atom. The number of nitrogens with zero attached hydrogens (tertiary/aromatic N) is 2. The Morgan fingerprint density at radius 1 is 1.29 bits per heavy atom. The topological polar surface area (TPSA) is 25.2 Å². The number of pyridine rings is 1. The van der Waals surface area contributed by atoms with Crippen molar-refractivity contribution >= 4 is 18.1 Å². The van der Waals surface area contributed by atoms with Gasteiger partial charge < -0.3 is 9.47 Å². The minimum absolute atomic E-state index is 0.196. The van der Waals surface area contributed by atoms with Crippen LogP contribution < -0.4 is 0 Å². The smallest absolute Gasteiger partial charge is 0.225 e. The molecule has 2 atom stereocenters. The zero-order valence-corrected chi connectivity index (χ0v) is 13.7. The first-order valence-electron chi connectivity index (χ1n) is 8.12. The first-order valence-corrected chi connectivity index (χ1v) is 8.53. The molecule has 0 aromatic carbocycles. The number of fused-ring (bicyclic) bond motifs is 4. The summed E-state index contributed by atoms with van der Waals surface area (Å²) in [6.45, 7) is 6.97. The van der Waals surface area contributed by atoms with Gasteiger partial charge in [0.1, 0.15) is 4.64 Å². The van der Waals surface area contributed by atoms with Crippen LogP contribution >= 0.6 is 12.2 Å². The van der Waals surface area contributed by atoms with Gasteiger partial charge in [-0.3, -0.25) is 4.79 Å². The average Bonchev–Trinajstić information content (AvgIpc) is 2.49. The normalized spacial score (nSPS) is 24.0. The van der Waals surface area contributed by atoms with E-state index in [-0.39, 0.29) is 5.92 Å². The maximum Gasteiger partial charge on any atom is 0.225 e. The fourth-order valence-corrected chi connectivity index (χ4v) is 4.23. The number of aromatic nitrogens is 1. The molecule has 21 heavy (non-hydrogen) atoms. The molecule has 3 heterocycles. The molecule has 0 spiro atoms. The van der Waals surface area contributed by atoms with E-state index in [1.54, 1.807) is 0 Å². The highest BCUT2D eigenvalue weighted by Gasteiger charge is 2.36. The van der Waals surface area contributed by atoms with Crippen molar-refractivity contribution in [2.24, 2.45) is 11.8 Å². The number of carbonyl (C=O) groups is 1. The summed E-state index contributed by atoms with van der Waals surface area (Å²) in [7, 11) is 0. The van der Waals surface area contributed by atoms with Gasteiger partial charge in [0.15, 0.2) is 0 Å². The van der Waals surface area contributed by atoms with Crippen LogP contribution in [0.25, 0.3) is 0 Å². The molecule has 1 saturated heterocycles. The second kappa shape index (κ2) is 5.91. The lowest BCUT2D eigenvalue weighted by Gasteiger charge is -2.44. The molecule has 3 rings (SSSR count). The number of rotatable bonds is 3. The van der Waals surface area contributed by atoms with Crippen molar-refractivity contribution in [2.75, 3.05) is 13.1 Å². The zero-order chi connectivity index (χ0) is 15.0. The van der Waals surface area contributed by atoms with E-state index in [0.29, 0.717) is 17.7 Å². The third-order valence-corrected chi connectivity index (χ3v) is 5.48. The van der Waals surface area contributed by atoms with Gasteiger partial charge >= 0.3 is 0 Å². The van der Waals surface area contributed by atoms with Gasteiger partial charge in [-0.2, -0.15) is 0 Å². The van der Waals surface area contributed by atoms with E-state index < -0.39 is 0 Å². The molecule has 0 saturated carbocycles. The summed E-state index contributed by atoms with van der Waals surface area (Å²) in [5.74, 6) is 1.57. The van der Waals surface area contributed by atoms with Gasteiger partial charge in [-0.05, 0) is 37.3 Å². The summed E-state index contributed by atoms with van der Waals surface area (Å²) in [5, 5.41) is 0. The van der Waals surface area contributed by atoms with Crippen molar-refractivity contribution in [1.82, 2.24) is 9.47 Å². The monoisotopic (exact) mass is 304 g/mol. The van der Waals surface area contributed by atoms with Crippen LogP contribution in [0.4, 0.5) is 0 Å². The lowest BCUT2D eigenvalue weighted by atomic mass is 9.82. The molecular formula is C17H24N2OS. The van der Waals surface area contributed by atoms with Crippen LogP contribution in [0.2, 0.25) is 0 Å². The van der Waals surface area contributed by atoms with E-state index in [1.165, 1.54) is 12.1 Å². The molecule has 2 bridgehead atoms. The maximum atomic E-state index is 12.7. The largest absolute Gasteiger partial charge is 0.341 e. The van der Waals surface area contributed by atoms with Crippen LogP contribution in [0.3, 0.4) is 0 Å². The van der Waals surface area contributed by atoms with Gasteiger partial charge in [-0.1, -0.05) is 32.1 Å². The highest BCUT2D eigenvalue weighted by molar-refractivity contribution is 7.71. The standard InChI is InChI=1S/C17H24N2OS/c1-3-13(4-2)17(20)18-9-12-8-14(11-18)15-6-5-7-16(21)19(15)10-12/h5-7,12-14H,3-4,8-11H2,1-2H3/t12-,14+/m1/s1. The second-order valence-electron chi connectivity index (χ2n) is 6.45.